The number of hydrogen-bond donors (Lipinski definition) is 1. The summed E-state index contributed by atoms with van der Waals surface area (Å²) in [7, 11) is 0. The van der Waals surface area contributed by atoms with Gasteiger partial charge in [-0.25, -0.2) is 18.4 Å². The van der Waals surface area contributed by atoms with Crippen LogP contribution in [0.4, 0.5) is 20.2 Å². The van der Waals surface area contributed by atoms with Crippen molar-refractivity contribution in [3.8, 4) is 0 Å². The highest BCUT2D eigenvalue weighted by atomic mass is 19.1. The number of aromatic nitrogens is 7. The monoisotopic (exact) mass is 554 g/mol. The van der Waals surface area contributed by atoms with E-state index in [1.807, 2.05) is 0 Å². The number of anilines is 1. The molecule has 40 heavy (non-hydrogen) atoms. The molecule has 1 saturated heterocycles. The maximum Gasteiger partial charge on any atom is 0.269 e. The normalized spacial score (nSPS) is 16.6. The van der Waals surface area contributed by atoms with E-state index in [-0.39, 0.29) is 17.8 Å². The van der Waals surface area contributed by atoms with Gasteiger partial charge in [-0.15, -0.1) is 10.2 Å². The first kappa shape index (κ1) is 27.2. The van der Waals surface area contributed by atoms with Crippen molar-refractivity contribution in [2.24, 2.45) is 0 Å². The van der Waals surface area contributed by atoms with Crippen LogP contribution in [0.3, 0.4) is 0 Å². The predicted octanol–water partition coefficient (Wildman–Crippen LogP) is 1.96. The van der Waals surface area contributed by atoms with Gasteiger partial charge in [0.25, 0.3) is 5.69 Å². The van der Waals surface area contributed by atoms with E-state index in [2.05, 4.69) is 35.3 Å². The van der Waals surface area contributed by atoms with Crippen LogP contribution in [0.1, 0.15) is 24.4 Å². The van der Waals surface area contributed by atoms with Crippen molar-refractivity contribution in [3.63, 3.8) is 0 Å². The minimum Gasteiger partial charge on any atom is -0.381 e. The summed E-state index contributed by atoms with van der Waals surface area (Å²) in [6.07, 6.45) is 3.20. The predicted molar refractivity (Wildman–Crippen MR) is 138 cm³/mol. The Morgan fingerprint density at radius 2 is 1.88 bits per heavy atom. The van der Waals surface area contributed by atoms with Crippen LogP contribution in [0.15, 0.2) is 55.1 Å². The van der Waals surface area contributed by atoms with Gasteiger partial charge in [0, 0.05) is 68.6 Å². The van der Waals surface area contributed by atoms with E-state index in [0.29, 0.717) is 18.8 Å². The van der Waals surface area contributed by atoms with E-state index >= 15 is 0 Å². The second kappa shape index (κ2) is 11.4. The molecule has 13 nitrogen and oxygen atoms in total. The summed E-state index contributed by atoms with van der Waals surface area (Å²) >= 11 is 0. The Hall–Kier alpha value is -4.37. The molecule has 210 valence electrons. The number of nitro benzene ring substituents is 1. The van der Waals surface area contributed by atoms with Crippen molar-refractivity contribution in [2.75, 3.05) is 37.6 Å². The molecule has 0 spiro atoms. The lowest BCUT2D eigenvalue weighted by Crippen LogP contribution is -2.47. The number of halogens is 2. The molecule has 0 amide bonds. The molecule has 1 aliphatic rings. The van der Waals surface area contributed by atoms with Gasteiger partial charge >= 0.3 is 0 Å². The summed E-state index contributed by atoms with van der Waals surface area (Å²) in [6, 6.07) is 8.66. The summed E-state index contributed by atoms with van der Waals surface area (Å²) in [5.41, 5.74) is -1.00. The van der Waals surface area contributed by atoms with Gasteiger partial charge in [0.2, 0.25) is 0 Å². The Labute approximate surface area is 227 Å². The van der Waals surface area contributed by atoms with Crippen LogP contribution in [-0.4, -0.2) is 82.6 Å². The highest BCUT2D eigenvalue weighted by Gasteiger charge is 2.41. The third-order valence-electron chi connectivity index (χ3n) is 7.22. The number of aliphatic hydroxyl groups is 1. The van der Waals surface area contributed by atoms with Gasteiger partial charge in [0.15, 0.2) is 5.82 Å². The molecule has 3 heterocycles. The Kier molecular flexibility index (Phi) is 7.75. The van der Waals surface area contributed by atoms with E-state index in [0.717, 1.165) is 44.0 Å². The number of tetrazole rings is 1. The second-order valence-electron chi connectivity index (χ2n) is 9.70. The lowest BCUT2D eigenvalue weighted by atomic mass is 9.86. The van der Waals surface area contributed by atoms with Crippen LogP contribution in [0.25, 0.3) is 0 Å². The molecule has 5 rings (SSSR count). The topological polar surface area (TPSA) is 144 Å². The molecule has 2 aromatic carbocycles. The maximum atomic E-state index is 14.8. The van der Waals surface area contributed by atoms with Gasteiger partial charge in [-0.05, 0) is 30.3 Å². The molecule has 1 fully saturated rings. The number of benzene rings is 2. The minimum atomic E-state index is -1.89. The lowest BCUT2D eigenvalue weighted by Gasteiger charge is -2.35. The highest BCUT2D eigenvalue weighted by molar-refractivity contribution is 5.51. The third kappa shape index (κ3) is 5.79. The number of hydrogen-bond acceptors (Lipinski definition) is 10. The third-order valence-corrected chi connectivity index (χ3v) is 7.22. The van der Waals surface area contributed by atoms with Crippen molar-refractivity contribution in [1.82, 2.24) is 39.9 Å². The summed E-state index contributed by atoms with van der Waals surface area (Å²) in [5, 5.41) is 39.3. The first-order valence-electron chi connectivity index (χ1n) is 12.7. The molecule has 1 aliphatic heterocycles. The molecule has 0 saturated carbocycles. The Balaban J connectivity index is 1.22. The van der Waals surface area contributed by atoms with E-state index in [1.165, 1.54) is 40.3 Å². The van der Waals surface area contributed by atoms with Gasteiger partial charge in [0.1, 0.15) is 35.9 Å². The number of rotatable bonds is 10. The zero-order valence-corrected chi connectivity index (χ0v) is 21.7. The average Bonchev–Trinajstić information content (AvgIpc) is 3.64. The molecule has 0 bridgehead atoms. The van der Waals surface area contributed by atoms with E-state index in [1.54, 1.807) is 19.1 Å². The molecular formula is C25H28F2N10O3. The van der Waals surface area contributed by atoms with Crippen LogP contribution >= 0.6 is 0 Å². The molecule has 0 radical (unpaired) electrons. The number of nitro groups is 1. The molecule has 1 N–H and O–H groups in total. The highest BCUT2D eigenvalue weighted by Crippen LogP contribution is 2.36. The zero-order valence-electron chi connectivity index (χ0n) is 21.7. The molecule has 2 aromatic heterocycles. The average molecular weight is 555 g/mol. The fourth-order valence-electron chi connectivity index (χ4n) is 4.83. The van der Waals surface area contributed by atoms with Gasteiger partial charge in [-0.1, -0.05) is 6.07 Å². The first-order valence-corrected chi connectivity index (χ1v) is 12.7. The van der Waals surface area contributed by atoms with Crippen LogP contribution in [0, 0.1) is 21.7 Å². The van der Waals surface area contributed by atoms with Crippen molar-refractivity contribution >= 4 is 11.4 Å². The number of nitrogens with zero attached hydrogens (tertiary/aromatic N) is 10. The fourth-order valence-corrected chi connectivity index (χ4v) is 4.83. The van der Waals surface area contributed by atoms with Crippen molar-refractivity contribution in [1.29, 1.82) is 0 Å². The molecule has 0 unspecified atom stereocenters. The second-order valence-corrected chi connectivity index (χ2v) is 9.70. The van der Waals surface area contributed by atoms with E-state index in [4.69, 9.17) is 0 Å². The largest absolute Gasteiger partial charge is 0.381 e. The number of piperazine rings is 1. The summed E-state index contributed by atoms with van der Waals surface area (Å²) in [6.45, 7) is 5.27. The molecule has 15 heteroatoms. The molecule has 4 aromatic rings. The molecular weight excluding hydrogens is 526 g/mol. The molecule has 2 atom stereocenters. The van der Waals surface area contributed by atoms with Gasteiger partial charge in [-0.2, -0.15) is 9.90 Å². The number of non-ortho nitro benzene ring substituents is 1. The standard InChI is InChI=1S/C25H28F2N10O3/c1-18(25(38,15-35-17-28-16-29-35)22-7-2-19(26)14-23(22)27)36-31-24(30-32-36)8-9-33-10-12-34(13-11-33)20-3-5-21(6-4-20)37(39)40/h2-7,14,16-18,38H,8-13,15H2,1H3/t18-,25+/m0/s1. The summed E-state index contributed by atoms with van der Waals surface area (Å²) in [4.78, 5) is 20.0. The van der Waals surface area contributed by atoms with E-state index < -0.39 is 28.2 Å². The smallest absolute Gasteiger partial charge is 0.269 e. The lowest BCUT2D eigenvalue weighted by molar-refractivity contribution is -0.384. The Morgan fingerprint density at radius 3 is 2.52 bits per heavy atom. The fraction of sp³-hybridized carbons (Fsp3) is 0.400. The Morgan fingerprint density at radius 1 is 1.12 bits per heavy atom. The first-order chi connectivity index (χ1) is 19.2. The van der Waals surface area contributed by atoms with Gasteiger partial charge in [-0.3, -0.25) is 15.0 Å². The minimum absolute atomic E-state index is 0.0666. The van der Waals surface area contributed by atoms with Gasteiger partial charge in [0.05, 0.1) is 11.5 Å². The zero-order chi connectivity index (χ0) is 28.3. The van der Waals surface area contributed by atoms with Crippen molar-refractivity contribution in [3.05, 3.63) is 88.3 Å². The van der Waals surface area contributed by atoms with Crippen LogP contribution in [-0.2, 0) is 18.6 Å². The SMILES string of the molecule is C[C@H](n1nnc(CCN2CCN(c3ccc([N+](=O)[O-])cc3)CC2)n1)[C@](O)(Cn1cncn1)c1ccc(F)cc1F. The molecule has 0 aliphatic carbocycles. The van der Waals surface area contributed by atoms with Crippen LogP contribution in [0.2, 0.25) is 0 Å². The Bertz CT molecular complexity index is 1440. The van der Waals surface area contributed by atoms with Gasteiger partial charge < -0.3 is 10.0 Å². The van der Waals surface area contributed by atoms with Crippen LogP contribution in [0.5, 0.6) is 0 Å². The quantitative estimate of drug-likeness (QED) is 0.228. The van der Waals surface area contributed by atoms with Crippen LogP contribution < -0.4 is 4.90 Å². The van der Waals surface area contributed by atoms with E-state index in [9.17, 15) is 24.0 Å². The van der Waals surface area contributed by atoms with Crippen molar-refractivity contribution in [2.45, 2.75) is 31.5 Å². The summed E-state index contributed by atoms with van der Waals surface area (Å²) < 4.78 is 29.8. The summed E-state index contributed by atoms with van der Waals surface area (Å²) in [5.74, 6) is -1.19. The van der Waals surface area contributed by atoms with Crippen molar-refractivity contribution < 1.29 is 18.8 Å². The maximum absolute atomic E-state index is 14.8.